The molecule has 0 radical (unpaired) electrons. The van der Waals surface area contributed by atoms with Crippen molar-refractivity contribution in [2.24, 2.45) is 0 Å². The number of fused-ring (bicyclic) bond motifs is 1. The second kappa shape index (κ2) is 6.38. The molecule has 0 amide bonds. The van der Waals surface area contributed by atoms with E-state index in [0.29, 0.717) is 24.6 Å². The molecule has 2 N–H and O–H groups in total. The molecule has 1 aromatic carbocycles. The topological polar surface area (TPSA) is 86.0 Å². The van der Waals surface area contributed by atoms with Crippen molar-refractivity contribution in [3.8, 4) is 17.6 Å². The summed E-state index contributed by atoms with van der Waals surface area (Å²) in [6.45, 7) is 0.707. The lowest BCUT2D eigenvalue weighted by atomic mass is 10.1. The molecule has 6 nitrogen and oxygen atoms in total. The molecule has 1 atom stereocenters. The molecule has 0 aromatic heterocycles. The van der Waals surface area contributed by atoms with Gasteiger partial charge < -0.3 is 19.7 Å². The minimum absolute atomic E-state index is 0.0667. The van der Waals surface area contributed by atoms with Crippen LogP contribution in [0.25, 0.3) is 0 Å². The van der Waals surface area contributed by atoms with Crippen LogP contribution in [-0.4, -0.2) is 48.2 Å². The molecule has 19 heavy (non-hydrogen) atoms. The summed E-state index contributed by atoms with van der Waals surface area (Å²) in [5.41, 5.74) is 0.758. The second-order valence-electron chi connectivity index (χ2n) is 4.13. The van der Waals surface area contributed by atoms with E-state index in [2.05, 4.69) is 6.07 Å². The fourth-order valence-corrected chi connectivity index (χ4v) is 2.08. The van der Waals surface area contributed by atoms with Gasteiger partial charge in [0.05, 0.1) is 19.3 Å². The standard InChI is InChI=1S/C13H16N2O4/c14-8-11(15(3-5-16)4-6-17)10-1-2-12-13(7-10)19-9-18-12/h1-2,7,11,16-17H,3-6,9H2. The molecule has 0 saturated heterocycles. The third-order valence-electron chi connectivity index (χ3n) is 2.97. The van der Waals surface area contributed by atoms with Gasteiger partial charge >= 0.3 is 0 Å². The smallest absolute Gasteiger partial charge is 0.231 e. The number of benzene rings is 1. The van der Waals surface area contributed by atoms with Crippen molar-refractivity contribution >= 4 is 0 Å². The highest BCUT2D eigenvalue weighted by atomic mass is 16.7. The molecule has 0 fully saturated rings. The number of ether oxygens (including phenoxy) is 2. The van der Waals surface area contributed by atoms with Crippen molar-refractivity contribution in [1.82, 2.24) is 4.90 Å². The van der Waals surface area contributed by atoms with Gasteiger partial charge in [-0.1, -0.05) is 6.07 Å². The zero-order valence-electron chi connectivity index (χ0n) is 10.5. The Morgan fingerprint density at radius 3 is 2.53 bits per heavy atom. The van der Waals surface area contributed by atoms with Crippen molar-refractivity contribution in [2.75, 3.05) is 33.1 Å². The number of nitrogens with zero attached hydrogens (tertiary/aromatic N) is 2. The monoisotopic (exact) mass is 264 g/mol. The summed E-state index contributed by atoms with van der Waals surface area (Å²) in [4.78, 5) is 1.72. The van der Waals surface area contributed by atoms with E-state index in [-0.39, 0.29) is 20.0 Å². The van der Waals surface area contributed by atoms with Gasteiger partial charge in [-0.15, -0.1) is 0 Å². The Bertz CT molecular complexity index is 466. The summed E-state index contributed by atoms with van der Waals surface area (Å²) in [5, 5.41) is 27.4. The molecular weight excluding hydrogens is 248 g/mol. The third kappa shape index (κ3) is 2.96. The van der Waals surface area contributed by atoms with Crippen molar-refractivity contribution in [2.45, 2.75) is 6.04 Å². The first-order valence-corrected chi connectivity index (χ1v) is 6.05. The zero-order chi connectivity index (χ0) is 13.7. The van der Waals surface area contributed by atoms with Gasteiger partial charge in [-0.3, -0.25) is 4.90 Å². The molecule has 0 spiro atoms. The Hall–Kier alpha value is -1.81. The molecule has 1 aliphatic rings. The first-order chi connectivity index (χ1) is 9.30. The van der Waals surface area contributed by atoms with Crippen LogP contribution >= 0.6 is 0 Å². The number of hydrogen-bond acceptors (Lipinski definition) is 6. The maximum Gasteiger partial charge on any atom is 0.231 e. The van der Waals surface area contributed by atoms with E-state index in [1.165, 1.54) is 0 Å². The fraction of sp³-hybridized carbons (Fsp3) is 0.462. The van der Waals surface area contributed by atoms with Gasteiger partial charge in [0.15, 0.2) is 11.5 Å². The van der Waals surface area contributed by atoms with Crippen molar-refractivity contribution in [3.63, 3.8) is 0 Å². The fourth-order valence-electron chi connectivity index (χ4n) is 2.08. The van der Waals surface area contributed by atoms with Gasteiger partial charge in [0.2, 0.25) is 6.79 Å². The van der Waals surface area contributed by atoms with Crippen LogP contribution in [0, 0.1) is 11.3 Å². The van der Waals surface area contributed by atoms with E-state index in [1.807, 2.05) is 0 Å². The average molecular weight is 264 g/mol. The maximum atomic E-state index is 9.32. The Balaban J connectivity index is 2.23. The summed E-state index contributed by atoms with van der Waals surface area (Å²) < 4.78 is 10.5. The lowest BCUT2D eigenvalue weighted by molar-refractivity contribution is 0.141. The molecular formula is C13H16N2O4. The van der Waals surface area contributed by atoms with Crippen LogP contribution in [0.1, 0.15) is 11.6 Å². The Morgan fingerprint density at radius 2 is 1.89 bits per heavy atom. The molecule has 6 heteroatoms. The lowest BCUT2D eigenvalue weighted by Crippen LogP contribution is -2.33. The summed E-state index contributed by atoms with van der Waals surface area (Å²) in [7, 11) is 0. The minimum Gasteiger partial charge on any atom is -0.454 e. The largest absolute Gasteiger partial charge is 0.454 e. The van der Waals surface area contributed by atoms with Crippen LogP contribution in [-0.2, 0) is 0 Å². The van der Waals surface area contributed by atoms with Gasteiger partial charge in [0.1, 0.15) is 6.04 Å². The Kier molecular flexibility index (Phi) is 4.58. The number of hydrogen-bond donors (Lipinski definition) is 2. The lowest BCUT2D eigenvalue weighted by Gasteiger charge is -2.25. The normalized spacial score (nSPS) is 14.4. The molecule has 1 unspecified atom stereocenters. The molecule has 2 rings (SSSR count). The van der Waals surface area contributed by atoms with E-state index in [1.54, 1.807) is 23.1 Å². The van der Waals surface area contributed by atoms with Crippen LogP contribution in [0.15, 0.2) is 18.2 Å². The van der Waals surface area contributed by atoms with E-state index < -0.39 is 6.04 Å². The summed E-state index contributed by atoms with van der Waals surface area (Å²) in [6, 6.07) is 6.97. The highest BCUT2D eigenvalue weighted by molar-refractivity contribution is 5.46. The zero-order valence-corrected chi connectivity index (χ0v) is 10.5. The minimum atomic E-state index is -0.534. The molecule has 0 saturated carbocycles. The predicted octanol–water partition coefficient (Wildman–Crippen LogP) is 0.267. The van der Waals surface area contributed by atoms with E-state index in [9.17, 15) is 5.26 Å². The van der Waals surface area contributed by atoms with E-state index in [4.69, 9.17) is 19.7 Å². The summed E-state index contributed by atoms with van der Waals surface area (Å²) >= 11 is 0. The number of nitriles is 1. The molecule has 1 heterocycles. The van der Waals surface area contributed by atoms with Crippen LogP contribution in [0.4, 0.5) is 0 Å². The number of aliphatic hydroxyl groups excluding tert-OH is 2. The van der Waals surface area contributed by atoms with Crippen LogP contribution < -0.4 is 9.47 Å². The number of rotatable bonds is 6. The molecule has 0 bridgehead atoms. The highest BCUT2D eigenvalue weighted by Gasteiger charge is 2.22. The maximum absolute atomic E-state index is 9.32. The van der Waals surface area contributed by atoms with Crippen LogP contribution in [0.5, 0.6) is 11.5 Å². The molecule has 0 aliphatic carbocycles. The quantitative estimate of drug-likeness (QED) is 0.767. The molecule has 102 valence electrons. The average Bonchev–Trinajstić information content (AvgIpc) is 2.87. The van der Waals surface area contributed by atoms with Crippen LogP contribution in [0.3, 0.4) is 0 Å². The van der Waals surface area contributed by atoms with Gasteiger partial charge in [-0.25, -0.2) is 0 Å². The Morgan fingerprint density at radius 1 is 1.21 bits per heavy atom. The van der Waals surface area contributed by atoms with Crippen molar-refractivity contribution in [3.05, 3.63) is 23.8 Å². The summed E-state index contributed by atoms with van der Waals surface area (Å²) in [6.07, 6.45) is 0. The van der Waals surface area contributed by atoms with E-state index in [0.717, 1.165) is 5.56 Å². The van der Waals surface area contributed by atoms with Gasteiger partial charge in [0, 0.05) is 13.1 Å². The summed E-state index contributed by atoms with van der Waals surface area (Å²) in [5.74, 6) is 1.28. The van der Waals surface area contributed by atoms with Crippen LogP contribution in [0.2, 0.25) is 0 Å². The molecule has 1 aromatic rings. The highest BCUT2D eigenvalue weighted by Crippen LogP contribution is 2.35. The van der Waals surface area contributed by atoms with Gasteiger partial charge in [-0.05, 0) is 17.7 Å². The van der Waals surface area contributed by atoms with Gasteiger partial charge in [0.25, 0.3) is 0 Å². The molecule has 1 aliphatic heterocycles. The third-order valence-corrected chi connectivity index (χ3v) is 2.97. The SMILES string of the molecule is N#CC(c1ccc2c(c1)OCO2)N(CCO)CCO. The first-order valence-electron chi connectivity index (χ1n) is 6.05. The first kappa shape index (κ1) is 13.6. The van der Waals surface area contributed by atoms with Crippen molar-refractivity contribution < 1.29 is 19.7 Å². The van der Waals surface area contributed by atoms with E-state index >= 15 is 0 Å². The second-order valence-corrected chi connectivity index (χ2v) is 4.13. The van der Waals surface area contributed by atoms with Crippen molar-refractivity contribution in [1.29, 1.82) is 5.26 Å². The van der Waals surface area contributed by atoms with Gasteiger partial charge in [-0.2, -0.15) is 5.26 Å². The Labute approximate surface area is 111 Å². The predicted molar refractivity (Wildman–Crippen MR) is 66.7 cm³/mol. The number of aliphatic hydroxyl groups is 2.